The third kappa shape index (κ3) is 6.50. The Kier molecular flexibility index (Phi) is 9.06. The van der Waals surface area contributed by atoms with Crippen molar-refractivity contribution in [2.24, 2.45) is 0 Å². The van der Waals surface area contributed by atoms with Gasteiger partial charge in [-0.25, -0.2) is 0 Å². The molecule has 0 saturated heterocycles. The fraction of sp³-hybridized carbons (Fsp3) is 0.485. The van der Waals surface area contributed by atoms with Crippen molar-refractivity contribution in [1.29, 1.82) is 0 Å². The Hall–Kier alpha value is -3.25. The van der Waals surface area contributed by atoms with Crippen molar-refractivity contribution in [2.45, 2.75) is 84.5 Å². The van der Waals surface area contributed by atoms with Crippen LogP contribution in [0.25, 0.3) is 0 Å². The molecule has 6 heteroatoms. The number of aliphatic hydroxyl groups is 1. The summed E-state index contributed by atoms with van der Waals surface area (Å²) in [6, 6.07) is 9.77. The van der Waals surface area contributed by atoms with Crippen molar-refractivity contribution < 1.29 is 24.1 Å². The summed E-state index contributed by atoms with van der Waals surface area (Å²) in [6.07, 6.45) is 8.63. The van der Waals surface area contributed by atoms with Crippen LogP contribution in [0.15, 0.2) is 53.6 Å². The highest BCUT2D eigenvalue weighted by Crippen LogP contribution is 2.46. The molecule has 2 aromatic rings. The highest BCUT2D eigenvalue weighted by molar-refractivity contribution is 6.00. The second kappa shape index (κ2) is 12.3. The second-order valence-corrected chi connectivity index (χ2v) is 11.3. The summed E-state index contributed by atoms with van der Waals surface area (Å²) in [4.78, 5) is 15.3. The van der Waals surface area contributed by atoms with Crippen molar-refractivity contribution in [2.75, 3.05) is 20.8 Å². The van der Waals surface area contributed by atoms with E-state index < -0.39 is 11.7 Å². The normalized spacial score (nSPS) is 20.3. The van der Waals surface area contributed by atoms with Crippen LogP contribution in [0.3, 0.4) is 0 Å². The van der Waals surface area contributed by atoms with Crippen LogP contribution in [0.5, 0.6) is 17.2 Å². The molecule has 0 saturated carbocycles. The molecule has 2 aliphatic heterocycles. The number of aliphatic hydroxyl groups excluding tert-OH is 1. The molecule has 2 aliphatic rings. The number of rotatable bonds is 11. The second-order valence-electron chi connectivity index (χ2n) is 11.3. The first-order valence-corrected chi connectivity index (χ1v) is 14.0. The highest BCUT2D eigenvalue weighted by atomic mass is 16.5. The number of methoxy groups -OCH3 is 2. The van der Waals surface area contributed by atoms with Gasteiger partial charge in [0.05, 0.1) is 32.4 Å². The van der Waals surface area contributed by atoms with Crippen molar-refractivity contribution in [3.63, 3.8) is 0 Å². The third-order valence-corrected chi connectivity index (χ3v) is 8.02. The van der Waals surface area contributed by atoms with E-state index in [0.29, 0.717) is 43.0 Å². The Morgan fingerprint density at radius 3 is 2.51 bits per heavy atom. The zero-order valence-electron chi connectivity index (χ0n) is 24.3. The average Bonchev–Trinajstić information content (AvgIpc) is 3.23. The molecule has 0 spiro atoms. The minimum Gasteiger partial charge on any atom is -0.497 e. The first kappa shape index (κ1) is 28.8. The summed E-state index contributed by atoms with van der Waals surface area (Å²) < 4.78 is 17.6. The standard InChI is InChI=1S/C33H43NO5/c1-22(2)9-7-10-23(3)11-8-17-33(4)30(35)20-27-29(38-6)19-26-28(31(27)39-33)21-34(32(26)36)18-16-24-12-14-25(37-5)15-13-24/h9,11-15,19,30,35H,7-8,10,16-18,20-21H2,1-6H3/b23-11+/t30-,33-/m1/s1. The van der Waals surface area contributed by atoms with E-state index >= 15 is 0 Å². The van der Waals surface area contributed by atoms with Gasteiger partial charge in [0.1, 0.15) is 22.8 Å². The van der Waals surface area contributed by atoms with Gasteiger partial charge < -0.3 is 24.2 Å². The number of nitrogens with zero attached hydrogens (tertiary/aromatic N) is 1. The molecule has 4 rings (SSSR count). The number of hydrogen-bond donors (Lipinski definition) is 1. The zero-order valence-corrected chi connectivity index (χ0v) is 24.3. The van der Waals surface area contributed by atoms with Crippen molar-refractivity contribution in [3.8, 4) is 17.2 Å². The van der Waals surface area contributed by atoms with Crippen LogP contribution in [0.2, 0.25) is 0 Å². The van der Waals surface area contributed by atoms with Gasteiger partial charge in [-0.3, -0.25) is 4.79 Å². The van der Waals surface area contributed by atoms with E-state index in [0.717, 1.165) is 48.1 Å². The molecule has 39 heavy (non-hydrogen) atoms. The minimum atomic E-state index is -0.747. The summed E-state index contributed by atoms with van der Waals surface area (Å²) >= 11 is 0. The molecule has 210 valence electrons. The first-order valence-electron chi connectivity index (χ1n) is 14.0. The van der Waals surface area contributed by atoms with E-state index in [2.05, 4.69) is 32.9 Å². The first-order chi connectivity index (χ1) is 18.6. The van der Waals surface area contributed by atoms with Crippen LogP contribution in [-0.2, 0) is 19.4 Å². The number of amides is 1. The SMILES string of the molecule is COc1ccc(CCN2Cc3c(cc(OC)c4c3O[C@](C)(CC/C=C(\C)CCC=C(C)C)[C@H](O)C4)C2=O)cc1. The molecule has 6 nitrogen and oxygen atoms in total. The molecule has 0 aromatic heterocycles. The maximum Gasteiger partial charge on any atom is 0.254 e. The largest absolute Gasteiger partial charge is 0.497 e. The van der Waals surface area contributed by atoms with E-state index in [1.54, 1.807) is 14.2 Å². The van der Waals surface area contributed by atoms with Gasteiger partial charge in [-0.1, -0.05) is 35.4 Å². The van der Waals surface area contributed by atoms with E-state index in [4.69, 9.17) is 14.2 Å². The molecule has 1 amide bonds. The zero-order chi connectivity index (χ0) is 28.2. The Balaban J connectivity index is 1.49. The van der Waals surface area contributed by atoms with Crippen molar-refractivity contribution >= 4 is 5.91 Å². The molecule has 0 fully saturated rings. The number of benzene rings is 2. The Morgan fingerprint density at radius 1 is 1.10 bits per heavy atom. The summed E-state index contributed by atoms with van der Waals surface area (Å²) in [5.74, 6) is 2.12. The van der Waals surface area contributed by atoms with Gasteiger partial charge in [0, 0.05) is 24.1 Å². The molecule has 2 heterocycles. The van der Waals surface area contributed by atoms with Gasteiger partial charge in [-0.05, 0) is 83.6 Å². The molecule has 1 N–H and O–H groups in total. The van der Waals surface area contributed by atoms with Gasteiger partial charge in [-0.2, -0.15) is 0 Å². The lowest BCUT2D eigenvalue weighted by atomic mass is 9.84. The van der Waals surface area contributed by atoms with Crippen molar-refractivity contribution in [1.82, 2.24) is 4.90 Å². The van der Waals surface area contributed by atoms with Gasteiger partial charge in [0.15, 0.2) is 0 Å². The van der Waals surface area contributed by atoms with Crippen molar-refractivity contribution in [3.05, 3.63) is 75.9 Å². The lowest BCUT2D eigenvalue weighted by Crippen LogP contribution is -2.49. The number of ether oxygens (including phenoxy) is 3. The quantitative estimate of drug-likeness (QED) is 0.337. The van der Waals surface area contributed by atoms with E-state index in [-0.39, 0.29) is 5.91 Å². The van der Waals surface area contributed by atoms with E-state index in [1.165, 1.54) is 11.1 Å². The maximum absolute atomic E-state index is 13.4. The number of hydrogen-bond acceptors (Lipinski definition) is 5. The highest BCUT2D eigenvalue weighted by Gasteiger charge is 2.44. The van der Waals surface area contributed by atoms with Crippen LogP contribution in [0.1, 0.15) is 80.4 Å². The lowest BCUT2D eigenvalue weighted by Gasteiger charge is -2.41. The van der Waals surface area contributed by atoms with E-state index in [9.17, 15) is 9.90 Å². The van der Waals surface area contributed by atoms with E-state index in [1.807, 2.05) is 42.2 Å². The number of allylic oxidation sites excluding steroid dienone is 4. The Morgan fingerprint density at radius 2 is 1.85 bits per heavy atom. The van der Waals surface area contributed by atoms with Crippen LogP contribution in [-0.4, -0.2) is 48.4 Å². The molecular weight excluding hydrogens is 490 g/mol. The number of fused-ring (bicyclic) bond motifs is 3. The lowest BCUT2D eigenvalue weighted by molar-refractivity contribution is -0.0599. The fourth-order valence-corrected chi connectivity index (χ4v) is 5.46. The number of carbonyl (C=O) groups is 1. The van der Waals surface area contributed by atoms with Crippen LogP contribution in [0.4, 0.5) is 0 Å². The molecular formula is C33H43NO5. The topological polar surface area (TPSA) is 68.2 Å². The van der Waals surface area contributed by atoms with Gasteiger partial charge in [-0.15, -0.1) is 0 Å². The molecule has 0 radical (unpaired) electrons. The monoisotopic (exact) mass is 533 g/mol. The molecule has 0 unspecified atom stereocenters. The Bertz CT molecular complexity index is 1240. The minimum absolute atomic E-state index is 0.00837. The smallest absolute Gasteiger partial charge is 0.254 e. The summed E-state index contributed by atoms with van der Waals surface area (Å²) in [7, 11) is 3.26. The molecule has 2 atom stereocenters. The van der Waals surface area contributed by atoms with Gasteiger partial charge >= 0.3 is 0 Å². The Labute approximate surface area is 233 Å². The molecule has 2 aromatic carbocycles. The maximum atomic E-state index is 13.4. The molecule has 0 bridgehead atoms. The third-order valence-electron chi connectivity index (χ3n) is 8.02. The fourth-order valence-electron chi connectivity index (χ4n) is 5.46. The van der Waals surface area contributed by atoms with Crippen LogP contribution in [0, 0.1) is 0 Å². The van der Waals surface area contributed by atoms with Gasteiger partial charge in [0.25, 0.3) is 5.91 Å². The molecule has 0 aliphatic carbocycles. The van der Waals surface area contributed by atoms with Crippen LogP contribution < -0.4 is 14.2 Å². The summed E-state index contributed by atoms with van der Waals surface area (Å²) in [5, 5.41) is 11.2. The summed E-state index contributed by atoms with van der Waals surface area (Å²) in [6.45, 7) is 9.49. The van der Waals surface area contributed by atoms with Gasteiger partial charge in [0.2, 0.25) is 0 Å². The predicted molar refractivity (Wildman–Crippen MR) is 155 cm³/mol. The average molecular weight is 534 g/mol. The summed E-state index contributed by atoms with van der Waals surface area (Å²) in [5.41, 5.74) is 5.47. The van der Waals surface area contributed by atoms with Crippen LogP contribution >= 0.6 is 0 Å². The predicted octanol–water partition coefficient (Wildman–Crippen LogP) is 6.43. The number of carbonyl (C=O) groups excluding carboxylic acids is 1.